The van der Waals surface area contributed by atoms with Crippen LogP contribution in [0.4, 0.5) is 0 Å². The zero-order chi connectivity index (χ0) is 15.0. The summed E-state index contributed by atoms with van der Waals surface area (Å²) in [5.41, 5.74) is 0.575. The molecule has 1 aromatic carbocycles. The number of aliphatic hydroxyl groups excluding tert-OH is 1. The van der Waals surface area contributed by atoms with Crippen molar-refractivity contribution in [1.29, 1.82) is 0 Å². The molecule has 3 N–H and O–H groups in total. The number of unbranched alkanes of at least 4 members (excludes halogenated alkanes) is 2. The Balaban J connectivity index is 2.74. The van der Waals surface area contributed by atoms with Crippen molar-refractivity contribution in [1.82, 2.24) is 5.32 Å². The molecule has 20 heavy (non-hydrogen) atoms. The molecular weight excluding hydrogens is 258 g/mol. The Kier molecular flexibility index (Phi) is 6.73. The van der Waals surface area contributed by atoms with Gasteiger partial charge < -0.3 is 15.5 Å². The molecule has 0 spiro atoms. The molecule has 0 aliphatic heterocycles. The summed E-state index contributed by atoms with van der Waals surface area (Å²) >= 11 is 0. The van der Waals surface area contributed by atoms with Crippen molar-refractivity contribution >= 4 is 11.9 Å². The van der Waals surface area contributed by atoms with Crippen LogP contribution in [0.1, 0.15) is 44.2 Å². The average molecular weight is 279 g/mol. The molecule has 0 saturated heterocycles. The molecular formula is C15H21NO4. The van der Waals surface area contributed by atoms with Gasteiger partial charge in [-0.05, 0) is 12.0 Å². The van der Waals surface area contributed by atoms with Crippen LogP contribution < -0.4 is 5.32 Å². The van der Waals surface area contributed by atoms with E-state index < -0.39 is 18.1 Å². The average Bonchev–Trinajstić information content (AvgIpc) is 2.45. The Hall–Kier alpha value is -1.88. The molecule has 5 heteroatoms. The van der Waals surface area contributed by atoms with Crippen LogP contribution in [-0.2, 0) is 9.59 Å². The lowest BCUT2D eigenvalue weighted by Gasteiger charge is -2.22. The van der Waals surface area contributed by atoms with Gasteiger partial charge in [0.1, 0.15) is 0 Å². The number of hydrogen-bond acceptors (Lipinski definition) is 3. The van der Waals surface area contributed by atoms with E-state index >= 15 is 0 Å². The van der Waals surface area contributed by atoms with Crippen LogP contribution >= 0.6 is 0 Å². The molecule has 110 valence electrons. The summed E-state index contributed by atoms with van der Waals surface area (Å²) in [6.45, 7) is 2.04. The van der Waals surface area contributed by atoms with Gasteiger partial charge in [-0.25, -0.2) is 4.79 Å². The fraction of sp³-hybridized carbons (Fsp3) is 0.467. The number of carboxylic acids is 1. The van der Waals surface area contributed by atoms with Gasteiger partial charge in [-0.15, -0.1) is 0 Å². The van der Waals surface area contributed by atoms with Crippen molar-refractivity contribution in [2.45, 2.75) is 44.8 Å². The lowest BCUT2D eigenvalue weighted by Crippen LogP contribution is -2.40. The molecule has 5 nitrogen and oxygen atoms in total. The van der Waals surface area contributed by atoms with Crippen LogP contribution in [0.2, 0.25) is 0 Å². The third-order valence-corrected chi connectivity index (χ3v) is 3.05. The molecule has 0 radical (unpaired) electrons. The number of carbonyl (C=O) groups is 2. The van der Waals surface area contributed by atoms with E-state index in [1.165, 1.54) is 0 Å². The minimum Gasteiger partial charge on any atom is -0.479 e. The number of nitrogens with one attached hydrogen (secondary N) is 1. The van der Waals surface area contributed by atoms with E-state index in [9.17, 15) is 14.7 Å². The van der Waals surface area contributed by atoms with Crippen LogP contribution in [-0.4, -0.2) is 28.2 Å². The highest BCUT2D eigenvalue weighted by atomic mass is 16.4. The molecule has 2 atom stereocenters. The molecule has 1 amide bonds. The number of rotatable bonds is 8. The van der Waals surface area contributed by atoms with Crippen LogP contribution in [0.15, 0.2) is 30.3 Å². The normalized spacial score (nSPS) is 13.5. The number of amides is 1. The predicted molar refractivity (Wildman–Crippen MR) is 75.1 cm³/mol. The molecule has 0 saturated carbocycles. The summed E-state index contributed by atoms with van der Waals surface area (Å²) in [6, 6.07) is 7.70. The second-order valence-corrected chi connectivity index (χ2v) is 4.70. The third-order valence-electron chi connectivity index (χ3n) is 3.05. The van der Waals surface area contributed by atoms with Gasteiger partial charge in [0.15, 0.2) is 6.10 Å². The first-order chi connectivity index (χ1) is 9.56. The van der Waals surface area contributed by atoms with Crippen molar-refractivity contribution in [2.24, 2.45) is 0 Å². The van der Waals surface area contributed by atoms with E-state index in [4.69, 9.17) is 5.11 Å². The molecule has 0 fully saturated rings. The lowest BCUT2D eigenvalue weighted by molar-refractivity contribution is -0.148. The summed E-state index contributed by atoms with van der Waals surface area (Å²) in [4.78, 5) is 22.8. The molecule has 0 bridgehead atoms. The Morgan fingerprint density at radius 3 is 2.40 bits per heavy atom. The number of aliphatic carboxylic acids is 1. The zero-order valence-electron chi connectivity index (χ0n) is 11.6. The van der Waals surface area contributed by atoms with Gasteiger partial charge >= 0.3 is 5.97 Å². The minimum absolute atomic E-state index is 0.243. The van der Waals surface area contributed by atoms with E-state index in [0.717, 1.165) is 19.3 Å². The molecule has 0 unspecified atom stereocenters. The maximum absolute atomic E-state index is 11.8. The SMILES string of the molecule is CCCCCC(=O)N[C@@H](c1ccccc1)[C@@H](O)C(=O)O. The highest BCUT2D eigenvalue weighted by Gasteiger charge is 2.28. The number of benzene rings is 1. The number of carboxylic acid groups (broad SMARTS) is 1. The van der Waals surface area contributed by atoms with Crippen molar-refractivity contribution in [2.75, 3.05) is 0 Å². The summed E-state index contributed by atoms with van der Waals surface area (Å²) in [5.74, 6) is -1.60. The van der Waals surface area contributed by atoms with Gasteiger partial charge in [0.25, 0.3) is 0 Å². The highest BCUT2D eigenvalue weighted by Crippen LogP contribution is 2.17. The second kappa shape index (κ2) is 8.32. The highest BCUT2D eigenvalue weighted by molar-refractivity contribution is 5.79. The van der Waals surface area contributed by atoms with Crippen LogP contribution in [0.3, 0.4) is 0 Å². The summed E-state index contributed by atoms with van der Waals surface area (Å²) in [5, 5.41) is 21.3. The standard InChI is InChI=1S/C15H21NO4/c1-2-3-5-10-12(17)16-13(14(18)15(19)20)11-8-6-4-7-9-11/h4,6-9,13-14,18H,2-3,5,10H2,1H3,(H,16,17)(H,19,20)/t13-,14+/m0/s1. The smallest absolute Gasteiger partial charge is 0.335 e. The number of carbonyl (C=O) groups excluding carboxylic acids is 1. The molecule has 0 aliphatic rings. The molecule has 1 rings (SSSR count). The zero-order valence-corrected chi connectivity index (χ0v) is 11.6. The number of hydrogen-bond donors (Lipinski definition) is 3. The van der Waals surface area contributed by atoms with Crippen LogP contribution in [0.25, 0.3) is 0 Å². The van der Waals surface area contributed by atoms with Gasteiger partial charge in [0.2, 0.25) is 5.91 Å². The van der Waals surface area contributed by atoms with Crippen molar-refractivity contribution in [3.05, 3.63) is 35.9 Å². The monoisotopic (exact) mass is 279 g/mol. The number of aliphatic hydroxyl groups is 1. The maximum atomic E-state index is 11.8. The third kappa shape index (κ3) is 5.01. The van der Waals surface area contributed by atoms with Gasteiger partial charge in [-0.3, -0.25) is 4.79 Å². The lowest BCUT2D eigenvalue weighted by atomic mass is 10.0. The predicted octanol–water partition coefficient (Wildman–Crippen LogP) is 1.87. The molecule has 1 aromatic rings. The maximum Gasteiger partial charge on any atom is 0.335 e. The van der Waals surface area contributed by atoms with E-state index in [2.05, 4.69) is 5.32 Å². The Bertz CT molecular complexity index is 433. The van der Waals surface area contributed by atoms with Gasteiger partial charge in [0.05, 0.1) is 6.04 Å². The first kappa shape index (κ1) is 16.2. The first-order valence-corrected chi connectivity index (χ1v) is 6.81. The van der Waals surface area contributed by atoms with Gasteiger partial charge in [-0.2, -0.15) is 0 Å². The summed E-state index contributed by atoms with van der Waals surface area (Å²) in [6.07, 6.45) is 1.39. The summed E-state index contributed by atoms with van der Waals surface area (Å²) in [7, 11) is 0. The fourth-order valence-corrected chi connectivity index (χ4v) is 1.93. The Morgan fingerprint density at radius 1 is 1.20 bits per heavy atom. The molecule has 0 heterocycles. The molecule has 0 aromatic heterocycles. The Morgan fingerprint density at radius 2 is 1.85 bits per heavy atom. The topological polar surface area (TPSA) is 86.6 Å². The van der Waals surface area contributed by atoms with Gasteiger partial charge in [-0.1, -0.05) is 50.1 Å². The minimum atomic E-state index is -1.66. The van der Waals surface area contributed by atoms with Crippen LogP contribution in [0, 0.1) is 0 Å². The van der Waals surface area contributed by atoms with Crippen molar-refractivity contribution in [3.8, 4) is 0 Å². The van der Waals surface area contributed by atoms with Crippen LogP contribution in [0.5, 0.6) is 0 Å². The van der Waals surface area contributed by atoms with Crippen molar-refractivity contribution in [3.63, 3.8) is 0 Å². The quantitative estimate of drug-likeness (QED) is 0.634. The van der Waals surface area contributed by atoms with Gasteiger partial charge in [0, 0.05) is 6.42 Å². The molecule has 0 aliphatic carbocycles. The van der Waals surface area contributed by atoms with E-state index in [-0.39, 0.29) is 5.91 Å². The summed E-state index contributed by atoms with van der Waals surface area (Å²) < 4.78 is 0. The second-order valence-electron chi connectivity index (χ2n) is 4.70. The van der Waals surface area contributed by atoms with E-state index in [1.807, 2.05) is 6.92 Å². The van der Waals surface area contributed by atoms with Crippen molar-refractivity contribution < 1.29 is 19.8 Å². The Labute approximate surface area is 118 Å². The van der Waals surface area contributed by atoms with E-state index in [1.54, 1.807) is 30.3 Å². The van der Waals surface area contributed by atoms with E-state index in [0.29, 0.717) is 12.0 Å². The first-order valence-electron chi connectivity index (χ1n) is 6.81. The fourth-order valence-electron chi connectivity index (χ4n) is 1.93. The largest absolute Gasteiger partial charge is 0.479 e.